The molecule has 0 saturated carbocycles. The van der Waals surface area contributed by atoms with Gasteiger partial charge in [0.1, 0.15) is 11.4 Å². The van der Waals surface area contributed by atoms with Crippen LogP contribution in [-0.4, -0.2) is 39.6 Å². The predicted octanol–water partition coefficient (Wildman–Crippen LogP) is -0.660. The topological polar surface area (TPSA) is 107 Å². The van der Waals surface area contributed by atoms with Crippen LogP contribution in [0, 0.1) is 5.92 Å². The number of amides is 2. The lowest BCUT2D eigenvalue weighted by Crippen LogP contribution is -2.44. The highest BCUT2D eigenvalue weighted by atomic mass is 16.2. The van der Waals surface area contributed by atoms with Crippen LogP contribution in [0.4, 0.5) is 5.82 Å². The third-order valence-electron chi connectivity index (χ3n) is 3.33. The number of primary amides is 1. The number of nitrogens with two attached hydrogens (primary N) is 2. The van der Waals surface area contributed by atoms with Crippen LogP contribution in [0.3, 0.4) is 0 Å². The van der Waals surface area contributed by atoms with Gasteiger partial charge in [-0.1, -0.05) is 0 Å². The van der Waals surface area contributed by atoms with Crippen LogP contribution in [0.2, 0.25) is 0 Å². The van der Waals surface area contributed by atoms with Crippen molar-refractivity contribution >= 4 is 17.6 Å². The summed E-state index contributed by atoms with van der Waals surface area (Å²) >= 11 is 0. The Morgan fingerprint density at radius 2 is 2.22 bits per heavy atom. The maximum Gasteiger partial charge on any atom is 0.259 e. The van der Waals surface area contributed by atoms with E-state index in [1.54, 1.807) is 11.9 Å². The summed E-state index contributed by atoms with van der Waals surface area (Å²) in [6.45, 7) is 0.986. The van der Waals surface area contributed by atoms with Gasteiger partial charge in [-0.2, -0.15) is 5.10 Å². The van der Waals surface area contributed by atoms with Crippen molar-refractivity contribution in [2.45, 2.75) is 12.8 Å². The monoisotopic (exact) mass is 251 g/mol. The Morgan fingerprint density at radius 1 is 1.50 bits per heavy atom. The summed E-state index contributed by atoms with van der Waals surface area (Å²) in [5.74, 6) is -0.472. The SMILES string of the molecule is Cn1ncc(C(=O)N2CCCC(C(N)=O)C2)c1N. The Hall–Kier alpha value is -2.05. The largest absolute Gasteiger partial charge is 0.383 e. The van der Waals surface area contributed by atoms with Crippen molar-refractivity contribution in [3.8, 4) is 0 Å². The van der Waals surface area contributed by atoms with Gasteiger partial charge in [-0.05, 0) is 12.8 Å². The lowest BCUT2D eigenvalue weighted by atomic mass is 9.97. The maximum atomic E-state index is 12.2. The average molecular weight is 251 g/mol. The van der Waals surface area contributed by atoms with E-state index in [1.807, 2.05) is 0 Å². The second-order valence-corrected chi connectivity index (χ2v) is 4.56. The van der Waals surface area contributed by atoms with Crippen molar-refractivity contribution in [3.63, 3.8) is 0 Å². The third kappa shape index (κ3) is 2.15. The molecule has 1 saturated heterocycles. The molecular weight excluding hydrogens is 234 g/mol. The van der Waals surface area contributed by atoms with E-state index in [0.717, 1.165) is 12.8 Å². The number of hydrogen-bond acceptors (Lipinski definition) is 4. The van der Waals surface area contributed by atoms with Gasteiger partial charge in [0.2, 0.25) is 5.91 Å². The van der Waals surface area contributed by atoms with Crippen LogP contribution in [-0.2, 0) is 11.8 Å². The van der Waals surface area contributed by atoms with E-state index in [2.05, 4.69) is 5.10 Å². The molecule has 0 aliphatic carbocycles. The van der Waals surface area contributed by atoms with Crippen LogP contribution < -0.4 is 11.5 Å². The van der Waals surface area contributed by atoms with Crippen LogP contribution in [0.25, 0.3) is 0 Å². The average Bonchev–Trinajstić information content (AvgIpc) is 2.69. The zero-order valence-electron chi connectivity index (χ0n) is 10.3. The highest BCUT2D eigenvalue weighted by Gasteiger charge is 2.29. The van der Waals surface area contributed by atoms with Crippen molar-refractivity contribution in [1.29, 1.82) is 0 Å². The fourth-order valence-corrected chi connectivity index (χ4v) is 2.18. The molecule has 4 N–H and O–H groups in total. The van der Waals surface area contributed by atoms with Gasteiger partial charge in [-0.3, -0.25) is 14.3 Å². The van der Waals surface area contributed by atoms with Crippen LogP contribution >= 0.6 is 0 Å². The number of anilines is 1. The molecule has 0 aromatic carbocycles. The molecule has 1 fully saturated rings. The Labute approximate surface area is 105 Å². The number of carbonyl (C=O) groups excluding carboxylic acids is 2. The van der Waals surface area contributed by atoms with Crippen LogP contribution in [0.5, 0.6) is 0 Å². The van der Waals surface area contributed by atoms with E-state index in [9.17, 15) is 9.59 Å². The molecule has 2 amide bonds. The standard InChI is InChI=1S/C11H17N5O2/c1-15-9(12)8(5-14-15)11(18)16-4-2-3-7(6-16)10(13)17/h5,7H,2-4,6,12H2,1H3,(H2,13,17). The minimum absolute atomic E-state index is 0.188. The van der Waals surface area contributed by atoms with E-state index in [4.69, 9.17) is 11.5 Å². The molecule has 1 aromatic rings. The summed E-state index contributed by atoms with van der Waals surface area (Å²) in [5.41, 5.74) is 11.4. The van der Waals surface area contributed by atoms with Gasteiger partial charge < -0.3 is 16.4 Å². The summed E-state index contributed by atoms with van der Waals surface area (Å²) in [4.78, 5) is 25.0. The molecule has 1 unspecified atom stereocenters. The van der Waals surface area contributed by atoms with E-state index in [1.165, 1.54) is 10.9 Å². The van der Waals surface area contributed by atoms with Crippen molar-refractivity contribution < 1.29 is 9.59 Å². The molecular formula is C11H17N5O2. The van der Waals surface area contributed by atoms with Crippen molar-refractivity contribution in [1.82, 2.24) is 14.7 Å². The van der Waals surface area contributed by atoms with Gasteiger partial charge >= 0.3 is 0 Å². The number of carbonyl (C=O) groups is 2. The number of piperidine rings is 1. The first-order valence-electron chi connectivity index (χ1n) is 5.86. The fraction of sp³-hybridized carbons (Fsp3) is 0.545. The highest BCUT2D eigenvalue weighted by molar-refractivity contribution is 5.98. The summed E-state index contributed by atoms with van der Waals surface area (Å²) < 4.78 is 1.45. The molecule has 0 bridgehead atoms. The summed E-state index contributed by atoms with van der Waals surface area (Å²) in [7, 11) is 1.68. The predicted molar refractivity (Wildman–Crippen MR) is 65.4 cm³/mol. The van der Waals surface area contributed by atoms with E-state index >= 15 is 0 Å². The molecule has 1 atom stereocenters. The highest BCUT2D eigenvalue weighted by Crippen LogP contribution is 2.20. The first kappa shape index (κ1) is 12.4. The molecule has 7 heteroatoms. The summed E-state index contributed by atoms with van der Waals surface area (Å²) in [6, 6.07) is 0. The first-order chi connectivity index (χ1) is 8.50. The number of nitrogen functional groups attached to an aromatic ring is 1. The van der Waals surface area contributed by atoms with Crippen LogP contribution in [0.1, 0.15) is 23.2 Å². The summed E-state index contributed by atoms with van der Waals surface area (Å²) in [6.07, 6.45) is 2.96. The molecule has 0 radical (unpaired) electrons. The smallest absolute Gasteiger partial charge is 0.259 e. The normalized spacial score (nSPS) is 19.8. The van der Waals surface area contributed by atoms with Gasteiger partial charge in [0.25, 0.3) is 5.91 Å². The van der Waals surface area contributed by atoms with Crippen molar-refractivity contribution in [2.75, 3.05) is 18.8 Å². The number of likely N-dealkylation sites (tertiary alicyclic amines) is 1. The molecule has 2 heterocycles. The fourth-order valence-electron chi connectivity index (χ4n) is 2.18. The Morgan fingerprint density at radius 3 is 2.78 bits per heavy atom. The van der Waals surface area contributed by atoms with Crippen molar-refractivity contribution in [3.05, 3.63) is 11.8 Å². The van der Waals surface area contributed by atoms with Crippen LogP contribution in [0.15, 0.2) is 6.20 Å². The van der Waals surface area contributed by atoms with Gasteiger partial charge in [0.05, 0.1) is 12.1 Å². The van der Waals surface area contributed by atoms with E-state index in [-0.39, 0.29) is 17.7 Å². The lowest BCUT2D eigenvalue weighted by molar-refractivity contribution is -0.123. The van der Waals surface area contributed by atoms with Gasteiger partial charge in [0.15, 0.2) is 0 Å². The number of aromatic nitrogens is 2. The zero-order chi connectivity index (χ0) is 13.3. The van der Waals surface area contributed by atoms with E-state index in [0.29, 0.717) is 24.5 Å². The van der Waals surface area contributed by atoms with Gasteiger partial charge in [-0.25, -0.2) is 0 Å². The molecule has 98 valence electrons. The minimum Gasteiger partial charge on any atom is -0.383 e. The molecule has 1 aliphatic rings. The van der Waals surface area contributed by atoms with Crippen molar-refractivity contribution in [2.24, 2.45) is 18.7 Å². The molecule has 1 aliphatic heterocycles. The quantitative estimate of drug-likeness (QED) is 0.727. The Balaban J connectivity index is 2.14. The molecule has 0 spiro atoms. The number of aryl methyl sites for hydroxylation is 1. The minimum atomic E-state index is -0.355. The second kappa shape index (κ2) is 4.67. The van der Waals surface area contributed by atoms with Gasteiger partial charge in [-0.15, -0.1) is 0 Å². The number of rotatable bonds is 2. The molecule has 1 aromatic heterocycles. The molecule has 7 nitrogen and oxygen atoms in total. The van der Waals surface area contributed by atoms with Gasteiger partial charge in [0, 0.05) is 20.1 Å². The lowest BCUT2D eigenvalue weighted by Gasteiger charge is -2.31. The van der Waals surface area contributed by atoms with E-state index < -0.39 is 0 Å². The second-order valence-electron chi connectivity index (χ2n) is 4.56. The molecule has 18 heavy (non-hydrogen) atoms. The summed E-state index contributed by atoms with van der Waals surface area (Å²) in [5, 5.41) is 3.94. The Kier molecular flexibility index (Phi) is 3.22. The maximum absolute atomic E-state index is 12.2. The first-order valence-corrected chi connectivity index (χ1v) is 5.86. The Bertz CT molecular complexity index is 482. The number of nitrogens with zero attached hydrogens (tertiary/aromatic N) is 3. The zero-order valence-corrected chi connectivity index (χ0v) is 10.3. The third-order valence-corrected chi connectivity index (χ3v) is 3.33. The number of hydrogen-bond donors (Lipinski definition) is 2. The molecule has 2 rings (SSSR count).